The van der Waals surface area contributed by atoms with Crippen LogP contribution in [0.1, 0.15) is 71.3 Å². The van der Waals surface area contributed by atoms with Gasteiger partial charge in [-0.25, -0.2) is 8.78 Å². The molecule has 234 valence electrons. The number of hydrogen-bond acceptors (Lipinski definition) is 5. The Morgan fingerprint density at radius 2 is 1.64 bits per heavy atom. The number of alkyl halides is 1. The second-order valence-corrected chi connectivity index (χ2v) is 12.4. The Bertz CT molecular complexity index is 1560. The van der Waals surface area contributed by atoms with Crippen molar-refractivity contribution in [1.29, 1.82) is 0 Å². The smallest absolute Gasteiger partial charge is 0.305 e. The maximum Gasteiger partial charge on any atom is 0.305 e. The van der Waals surface area contributed by atoms with E-state index in [2.05, 4.69) is 0 Å². The van der Waals surface area contributed by atoms with E-state index in [0.29, 0.717) is 34.3 Å². The minimum Gasteiger partial charge on any atom is -0.481 e. The summed E-state index contributed by atoms with van der Waals surface area (Å²) in [7, 11) is 3.16. The molecule has 0 bridgehead atoms. The van der Waals surface area contributed by atoms with E-state index in [9.17, 15) is 19.8 Å². The average Bonchev–Trinajstić information content (AvgIpc) is 3.26. The number of benzene rings is 3. The molecule has 2 heterocycles. The highest BCUT2D eigenvalue weighted by Crippen LogP contribution is 2.53. The Hall–Kier alpha value is -3.08. The van der Waals surface area contributed by atoms with Gasteiger partial charge in [0.1, 0.15) is 17.1 Å². The molecule has 0 saturated carbocycles. The van der Waals surface area contributed by atoms with E-state index in [-0.39, 0.29) is 36.0 Å². The van der Waals surface area contributed by atoms with Gasteiger partial charge in [-0.05, 0) is 73.8 Å². The van der Waals surface area contributed by atoms with Crippen molar-refractivity contribution in [2.24, 2.45) is 0 Å². The molecule has 3 aromatic rings. The monoisotopic (exact) mass is 646 g/mol. The molecule has 7 nitrogen and oxygen atoms in total. The summed E-state index contributed by atoms with van der Waals surface area (Å²) in [4.78, 5) is 29.9. The van der Waals surface area contributed by atoms with E-state index >= 15 is 8.78 Å². The van der Waals surface area contributed by atoms with Crippen molar-refractivity contribution in [3.63, 3.8) is 0 Å². The molecule has 0 spiro atoms. The molecule has 1 fully saturated rings. The largest absolute Gasteiger partial charge is 0.481 e. The number of piperidine rings is 1. The van der Waals surface area contributed by atoms with Crippen molar-refractivity contribution in [2.75, 3.05) is 27.2 Å². The van der Waals surface area contributed by atoms with E-state index in [1.807, 2.05) is 11.9 Å². The van der Waals surface area contributed by atoms with Crippen molar-refractivity contribution >= 4 is 35.1 Å². The number of carbonyl (C=O) groups excluding carboxylic acids is 1. The number of aliphatic hydroxyl groups is 1. The fourth-order valence-electron chi connectivity index (χ4n) is 6.76. The number of likely N-dealkylation sites (tertiary alicyclic amines) is 1. The van der Waals surface area contributed by atoms with Crippen LogP contribution in [0.5, 0.6) is 0 Å². The van der Waals surface area contributed by atoms with E-state index < -0.39 is 47.2 Å². The first kappa shape index (κ1) is 32.3. The summed E-state index contributed by atoms with van der Waals surface area (Å²) in [5, 5.41) is 22.7. The number of carboxylic acids is 1. The van der Waals surface area contributed by atoms with E-state index in [1.165, 1.54) is 18.1 Å². The molecule has 0 radical (unpaired) electrons. The van der Waals surface area contributed by atoms with Gasteiger partial charge in [-0.1, -0.05) is 54.4 Å². The van der Waals surface area contributed by atoms with E-state index in [1.54, 1.807) is 55.5 Å². The van der Waals surface area contributed by atoms with Crippen LogP contribution in [0, 0.1) is 5.82 Å². The van der Waals surface area contributed by atoms with Crippen molar-refractivity contribution in [3.8, 4) is 0 Å². The highest BCUT2D eigenvalue weighted by molar-refractivity contribution is 6.30. The van der Waals surface area contributed by atoms with Crippen molar-refractivity contribution in [1.82, 2.24) is 9.80 Å². The zero-order chi connectivity index (χ0) is 32.0. The third kappa shape index (κ3) is 5.18. The zero-order valence-corrected chi connectivity index (χ0v) is 26.1. The minimum absolute atomic E-state index is 0.0245. The van der Waals surface area contributed by atoms with Crippen LogP contribution in [0.15, 0.2) is 60.7 Å². The van der Waals surface area contributed by atoms with E-state index in [4.69, 9.17) is 27.9 Å². The summed E-state index contributed by atoms with van der Waals surface area (Å²) in [5.74, 6) is -2.86. The number of carboxylic acid groups (broad SMARTS) is 1. The maximum atomic E-state index is 16.7. The third-order valence-electron chi connectivity index (χ3n) is 9.19. The normalized spacial score (nSPS) is 22.0. The lowest BCUT2D eigenvalue weighted by Gasteiger charge is -2.46. The van der Waals surface area contributed by atoms with Gasteiger partial charge < -0.3 is 19.8 Å². The molecule has 1 unspecified atom stereocenters. The van der Waals surface area contributed by atoms with Gasteiger partial charge in [-0.2, -0.15) is 0 Å². The van der Waals surface area contributed by atoms with Gasteiger partial charge in [-0.3, -0.25) is 14.5 Å². The van der Waals surface area contributed by atoms with Gasteiger partial charge in [0.2, 0.25) is 0 Å². The van der Waals surface area contributed by atoms with Crippen LogP contribution in [0.4, 0.5) is 8.78 Å². The summed E-state index contributed by atoms with van der Waals surface area (Å²) in [6, 6.07) is 13.8. The Morgan fingerprint density at radius 3 is 2.16 bits per heavy atom. The number of aliphatic carboxylic acids is 1. The van der Waals surface area contributed by atoms with Gasteiger partial charge in [0, 0.05) is 35.8 Å². The molecular formula is C33H34Cl2F2N2O5. The summed E-state index contributed by atoms with van der Waals surface area (Å²) >= 11 is 12.3. The topological polar surface area (TPSA) is 90.3 Å². The van der Waals surface area contributed by atoms with Crippen LogP contribution >= 0.6 is 23.2 Å². The zero-order valence-electron chi connectivity index (χ0n) is 24.6. The molecule has 2 aliphatic rings. The summed E-state index contributed by atoms with van der Waals surface area (Å²) in [6.45, 7) is 2.43. The van der Waals surface area contributed by atoms with Crippen LogP contribution in [0.3, 0.4) is 0 Å². The molecule has 44 heavy (non-hydrogen) atoms. The maximum absolute atomic E-state index is 16.7. The van der Waals surface area contributed by atoms with Gasteiger partial charge in [0.15, 0.2) is 5.72 Å². The van der Waals surface area contributed by atoms with Gasteiger partial charge >= 0.3 is 5.97 Å². The second-order valence-electron chi connectivity index (χ2n) is 11.6. The Balaban J connectivity index is 1.77. The van der Waals surface area contributed by atoms with Crippen molar-refractivity contribution in [2.45, 2.75) is 55.6 Å². The molecule has 1 amide bonds. The molecule has 0 aromatic heterocycles. The number of fused-ring (bicyclic) bond motifs is 1. The summed E-state index contributed by atoms with van der Waals surface area (Å²) in [6.07, 6.45) is -0.565. The minimum atomic E-state index is -2.09. The standard InChI is InChI=1S/C33H34Cl2F2N2O5/c1-4-32(43,31(37)13-15-38(2)16-14-31)22-17-25-29(26(36)18-22)33(44-3,21-7-11-24(35)12-8-21)39(30(25)42)27(19-28(40)41)20-5-9-23(34)10-6-20/h5-12,17-18,27,43H,4,13-16,19H2,1-3H3,(H,40,41)/t27-,32?,33+/m0/s1. The molecule has 0 aliphatic carbocycles. The van der Waals surface area contributed by atoms with Crippen LogP contribution in [-0.4, -0.2) is 64.8 Å². The van der Waals surface area contributed by atoms with Gasteiger partial charge in [0.25, 0.3) is 5.91 Å². The number of hydrogen-bond donors (Lipinski definition) is 2. The van der Waals surface area contributed by atoms with Crippen LogP contribution in [0.25, 0.3) is 0 Å². The highest BCUT2D eigenvalue weighted by atomic mass is 35.5. The number of amides is 1. The van der Waals surface area contributed by atoms with E-state index in [0.717, 1.165) is 6.07 Å². The lowest BCUT2D eigenvalue weighted by molar-refractivity contribution is -0.142. The lowest BCUT2D eigenvalue weighted by Crippen LogP contribution is -2.54. The van der Waals surface area contributed by atoms with Gasteiger partial charge in [0.05, 0.1) is 23.6 Å². The number of methoxy groups -OCH3 is 1. The molecule has 1 saturated heterocycles. The Labute approximate surface area is 264 Å². The molecule has 2 N–H and O–H groups in total. The number of ether oxygens (including phenoxy) is 1. The number of carbonyl (C=O) groups is 2. The first-order valence-electron chi connectivity index (χ1n) is 14.4. The first-order chi connectivity index (χ1) is 20.8. The summed E-state index contributed by atoms with van der Waals surface area (Å²) in [5.41, 5.74) is -5.76. The number of rotatable bonds is 9. The molecule has 3 aromatic carbocycles. The number of nitrogens with zero attached hydrogens (tertiary/aromatic N) is 2. The van der Waals surface area contributed by atoms with Gasteiger partial charge in [-0.15, -0.1) is 0 Å². The van der Waals surface area contributed by atoms with Crippen LogP contribution < -0.4 is 0 Å². The predicted molar refractivity (Wildman–Crippen MR) is 163 cm³/mol. The molecular weight excluding hydrogens is 613 g/mol. The van der Waals surface area contributed by atoms with Crippen LogP contribution in [0.2, 0.25) is 10.0 Å². The fourth-order valence-corrected chi connectivity index (χ4v) is 7.02. The quantitative estimate of drug-likeness (QED) is 0.269. The Morgan fingerprint density at radius 1 is 1.07 bits per heavy atom. The van der Waals surface area contributed by atoms with Crippen molar-refractivity contribution in [3.05, 3.63) is 104 Å². The number of halogens is 4. The third-order valence-corrected chi connectivity index (χ3v) is 9.70. The lowest BCUT2D eigenvalue weighted by atomic mass is 9.71. The van der Waals surface area contributed by atoms with Crippen molar-refractivity contribution < 1.29 is 33.3 Å². The molecule has 11 heteroatoms. The fraction of sp³-hybridized carbons (Fsp3) is 0.394. The molecule has 2 aliphatic heterocycles. The molecule has 3 atom stereocenters. The van der Waals surface area contributed by atoms with Crippen LogP contribution in [-0.2, 0) is 20.9 Å². The highest BCUT2D eigenvalue weighted by Gasteiger charge is 2.58. The average molecular weight is 648 g/mol. The summed E-state index contributed by atoms with van der Waals surface area (Å²) < 4.78 is 39.3. The Kier molecular flexibility index (Phi) is 8.83. The molecule has 5 rings (SSSR count). The first-order valence-corrected chi connectivity index (χ1v) is 15.1. The SMILES string of the molecule is CCC(O)(c1cc(F)c2c(c1)C(=O)N([C@@H](CC(=O)O)c1ccc(Cl)cc1)[C@@]2(OC)c1ccc(Cl)cc1)C1(F)CCN(C)CC1. The predicted octanol–water partition coefficient (Wildman–Crippen LogP) is 6.68. The second kappa shape index (κ2) is 12.0.